The van der Waals surface area contributed by atoms with Crippen LogP contribution < -0.4 is 14.2 Å². The van der Waals surface area contributed by atoms with Crippen molar-refractivity contribution in [3.05, 3.63) is 53.6 Å². The van der Waals surface area contributed by atoms with Crippen molar-refractivity contribution in [3.8, 4) is 17.2 Å². The van der Waals surface area contributed by atoms with E-state index in [0.29, 0.717) is 30.2 Å². The number of ether oxygens (including phenoxy) is 3. The van der Waals surface area contributed by atoms with Crippen LogP contribution >= 0.6 is 0 Å². The minimum absolute atomic E-state index is 0.0594. The molecule has 1 amide bonds. The summed E-state index contributed by atoms with van der Waals surface area (Å²) in [6, 6.07) is 12.5. The first kappa shape index (κ1) is 22.3. The number of benzene rings is 2. The summed E-state index contributed by atoms with van der Waals surface area (Å²) in [4.78, 5) is 26.4. The highest BCUT2D eigenvalue weighted by Crippen LogP contribution is 2.25. The van der Waals surface area contributed by atoms with Crippen molar-refractivity contribution in [2.75, 3.05) is 27.9 Å². The quantitative estimate of drug-likeness (QED) is 0.532. The zero-order valence-corrected chi connectivity index (χ0v) is 17.6. The van der Waals surface area contributed by atoms with Gasteiger partial charge in [-0.15, -0.1) is 0 Å². The third-order valence-corrected chi connectivity index (χ3v) is 4.54. The van der Waals surface area contributed by atoms with E-state index in [1.54, 1.807) is 56.5 Å². The molecule has 2 aromatic carbocycles. The molecule has 0 aliphatic carbocycles. The van der Waals surface area contributed by atoms with E-state index in [1.165, 1.54) is 0 Å². The molecule has 6 heteroatoms. The van der Waals surface area contributed by atoms with Crippen molar-refractivity contribution in [3.63, 3.8) is 0 Å². The lowest BCUT2D eigenvalue weighted by molar-refractivity contribution is -0.130. The monoisotopic (exact) mass is 399 g/mol. The van der Waals surface area contributed by atoms with Crippen LogP contribution in [0.2, 0.25) is 0 Å². The number of carbonyl (C=O) groups is 2. The summed E-state index contributed by atoms with van der Waals surface area (Å²) in [5, 5.41) is 0. The fraction of sp³-hybridized carbons (Fsp3) is 0.391. The molecule has 29 heavy (non-hydrogen) atoms. The molecule has 6 nitrogen and oxygen atoms in total. The summed E-state index contributed by atoms with van der Waals surface area (Å²) < 4.78 is 16.1. The SMILES string of the molecule is CCCOc1ccc(C(=O)CCC(=O)N(C)Cc2ccc(OC)cc2OC)cc1. The van der Waals surface area contributed by atoms with Gasteiger partial charge < -0.3 is 19.1 Å². The van der Waals surface area contributed by atoms with Crippen LogP contribution in [0.1, 0.15) is 42.1 Å². The van der Waals surface area contributed by atoms with Crippen LogP contribution in [0.15, 0.2) is 42.5 Å². The smallest absolute Gasteiger partial charge is 0.223 e. The first-order valence-corrected chi connectivity index (χ1v) is 9.69. The second kappa shape index (κ2) is 11.1. The summed E-state index contributed by atoms with van der Waals surface area (Å²) in [5.74, 6) is 1.93. The molecule has 2 rings (SSSR count). The maximum atomic E-state index is 12.5. The molecule has 0 atom stereocenters. The van der Waals surface area contributed by atoms with Gasteiger partial charge in [0.2, 0.25) is 5.91 Å². The van der Waals surface area contributed by atoms with Crippen molar-refractivity contribution in [2.24, 2.45) is 0 Å². The number of Topliss-reactive ketones (excluding diaryl/α,β-unsaturated/α-hetero) is 1. The van der Waals surface area contributed by atoms with E-state index in [-0.39, 0.29) is 24.5 Å². The van der Waals surface area contributed by atoms with Crippen LogP contribution in [-0.2, 0) is 11.3 Å². The zero-order chi connectivity index (χ0) is 21.2. The van der Waals surface area contributed by atoms with E-state index in [2.05, 4.69) is 0 Å². The summed E-state index contributed by atoms with van der Waals surface area (Å²) in [5.41, 5.74) is 1.46. The second-order valence-corrected chi connectivity index (χ2v) is 6.72. The molecule has 0 radical (unpaired) electrons. The van der Waals surface area contributed by atoms with Gasteiger partial charge in [-0.2, -0.15) is 0 Å². The molecule has 0 saturated carbocycles. The third-order valence-electron chi connectivity index (χ3n) is 4.54. The lowest BCUT2D eigenvalue weighted by Gasteiger charge is -2.19. The van der Waals surface area contributed by atoms with E-state index >= 15 is 0 Å². The number of hydrogen-bond donors (Lipinski definition) is 0. The second-order valence-electron chi connectivity index (χ2n) is 6.72. The first-order valence-electron chi connectivity index (χ1n) is 9.69. The number of methoxy groups -OCH3 is 2. The molecule has 0 spiro atoms. The van der Waals surface area contributed by atoms with Crippen LogP contribution in [0, 0.1) is 0 Å². The van der Waals surface area contributed by atoms with Gasteiger partial charge in [0.25, 0.3) is 0 Å². The van der Waals surface area contributed by atoms with E-state index < -0.39 is 0 Å². The highest BCUT2D eigenvalue weighted by atomic mass is 16.5. The van der Waals surface area contributed by atoms with Crippen LogP contribution in [-0.4, -0.2) is 44.5 Å². The number of nitrogens with zero attached hydrogens (tertiary/aromatic N) is 1. The Morgan fingerprint density at radius 1 is 0.931 bits per heavy atom. The van der Waals surface area contributed by atoms with Crippen molar-refractivity contribution >= 4 is 11.7 Å². The van der Waals surface area contributed by atoms with Gasteiger partial charge in [0, 0.05) is 43.6 Å². The van der Waals surface area contributed by atoms with Gasteiger partial charge in [-0.05, 0) is 42.8 Å². The standard InChI is InChI=1S/C23H29NO5/c1-5-14-29-19-9-6-17(7-10-19)21(25)12-13-23(26)24(2)16-18-8-11-20(27-3)15-22(18)28-4/h6-11,15H,5,12-14,16H2,1-4H3. The van der Waals surface area contributed by atoms with E-state index in [4.69, 9.17) is 14.2 Å². The van der Waals surface area contributed by atoms with E-state index in [9.17, 15) is 9.59 Å². The zero-order valence-electron chi connectivity index (χ0n) is 17.6. The molecular formula is C23H29NO5. The minimum Gasteiger partial charge on any atom is -0.497 e. The molecule has 0 aliphatic heterocycles. The van der Waals surface area contributed by atoms with E-state index in [1.807, 2.05) is 19.1 Å². The van der Waals surface area contributed by atoms with Crippen molar-refractivity contribution < 1.29 is 23.8 Å². The molecule has 0 unspecified atom stereocenters. The van der Waals surface area contributed by atoms with Gasteiger partial charge in [-0.25, -0.2) is 0 Å². The molecule has 0 N–H and O–H groups in total. The van der Waals surface area contributed by atoms with Crippen LogP contribution in [0.5, 0.6) is 17.2 Å². The summed E-state index contributed by atoms with van der Waals surface area (Å²) in [6.07, 6.45) is 1.25. The molecule has 2 aromatic rings. The Bertz CT molecular complexity index is 817. The van der Waals surface area contributed by atoms with Gasteiger partial charge in [0.1, 0.15) is 17.2 Å². The maximum absolute atomic E-state index is 12.5. The summed E-state index contributed by atoms with van der Waals surface area (Å²) in [6.45, 7) is 3.08. The molecule has 0 aromatic heterocycles. The van der Waals surface area contributed by atoms with Gasteiger partial charge in [0.05, 0.1) is 20.8 Å². The van der Waals surface area contributed by atoms with Crippen LogP contribution in [0.4, 0.5) is 0 Å². The highest BCUT2D eigenvalue weighted by Gasteiger charge is 2.15. The summed E-state index contributed by atoms with van der Waals surface area (Å²) >= 11 is 0. The summed E-state index contributed by atoms with van der Waals surface area (Å²) in [7, 11) is 4.89. The predicted molar refractivity (Wildman–Crippen MR) is 112 cm³/mol. The van der Waals surface area contributed by atoms with Gasteiger partial charge in [-0.3, -0.25) is 9.59 Å². The Morgan fingerprint density at radius 3 is 2.24 bits per heavy atom. The van der Waals surface area contributed by atoms with Gasteiger partial charge in [0.15, 0.2) is 5.78 Å². The molecular weight excluding hydrogens is 370 g/mol. The highest BCUT2D eigenvalue weighted by molar-refractivity contribution is 5.98. The van der Waals surface area contributed by atoms with Crippen LogP contribution in [0.25, 0.3) is 0 Å². The topological polar surface area (TPSA) is 65.1 Å². The lowest BCUT2D eigenvalue weighted by atomic mass is 10.1. The van der Waals surface area contributed by atoms with E-state index in [0.717, 1.165) is 17.7 Å². The van der Waals surface area contributed by atoms with Crippen molar-refractivity contribution in [2.45, 2.75) is 32.7 Å². The minimum atomic E-state index is -0.0980. The third kappa shape index (κ3) is 6.52. The average Bonchev–Trinajstić information content (AvgIpc) is 2.76. The average molecular weight is 399 g/mol. The van der Waals surface area contributed by atoms with Crippen LogP contribution in [0.3, 0.4) is 0 Å². The fourth-order valence-corrected chi connectivity index (χ4v) is 2.84. The number of hydrogen-bond acceptors (Lipinski definition) is 5. The largest absolute Gasteiger partial charge is 0.497 e. The lowest BCUT2D eigenvalue weighted by Crippen LogP contribution is -2.26. The maximum Gasteiger partial charge on any atom is 0.223 e. The van der Waals surface area contributed by atoms with Gasteiger partial charge in [-0.1, -0.05) is 6.92 Å². The normalized spacial score (nSPS) is 10.3. The van der Waals surface area contributed by atoms with Crippen molar-refractivity contribution in [1.29, 1.82) is 0 Å². The number of ketones is 1. The van der Waals surface area contributed by atoms with Gasteiger partial charge >= 0.3 is 0 Å². The molecule has 156 valence electrons. The fourth-order valence-electron chi connectivity index (χ4n) is 2.84. The first-order chi connectivity index (χ1) is 14.0. The Balaban J connectivity index is 1.89. The Hall–Kier alpha value is -3.02. The number of carbonyl (C=O) groups excluding carboxylic acids is 2. The van der Waals surface area contributed by atoms with Crippen molar-refractivity contribution in [1.82, 2.24) is 4.90 Å². The number of amides is 1. The predicted octanol–water partition coefficient (Wildman–Crippen LogP) is 4.11. The Kier molecular flexibility index (Phi) is 8.52. The number of rotatable bonds is 11. The molecule has 0 saturated heterocycles. The molecule has 0 fully saturated rings. The Labute approximate surface area is 172 Å². The molecule has 0 bridgehead atoms. The Morgan fingerprint density at radius 2 is 1.62 bits per heavy atom. The molecule has 0 heterocycles. The molecule has 0 aliphatic rings.